The minimum absolute atomic E-state index is 0.199. The number of hydrogen-bond donors (Lipinski definition) is 0. The monoisotopic (exact) mass is 314 g/mol. The normalized spacial score (nSPS) is 13.9. The van der Waals surface area contributed by atoms with Crippen molar-refractivity contribution in [3.63, 3.8) is 0 Å². The largest absolute Gasteiger partial charge is 0.464 e. The van der Waals surface area contributed by atoms with Crippen LogP contribution in [0.25, 0.3) is 0 Å². The molecule has 1 atom stereocenters. The van der Waals surface area contributed by atoms with Crippen molar-refractivity contribution in [3.05, 3.63) is 34.9 Å². The van der Waals surface area contributed by atoms with Gasteiger partial charge >= 0.3 is 5.97 Å². The number of methoxy groups -OCH3 is 1. The molecule has 1 aromatic carbocycles. The van der Waals surface area contributed by atoms with Gasteiger partial charge < -0.3 is 9.22 Å². The second kappa shape index (κ2) is 6.29. The van der Waals surface area contributed by atoms with E-state index in [0.29, 0.717) is 9.51 Å². The van der Waals surface area contributed by atoms with E-state index in [1.807, 2.05) is 24.3 Å². The lowest BCUT2D eigenvalue weighted by Gasteiger charge is -2.40. The molecule has 0 heterocycles. The predicted molar refractivity (Wildman–Crippen MR) is 86.5 cm³/mol. The molecule has 1 aromatic rings. The van der Waals surface area contributed by atoms with Crippen molar-refractivity contribution < 1.29 is 14.0 Å². The van der Waals surface area contributed by atoms with E-state index in [0.717, 1.165) is 11.7 Å². The van der Waals surface area contributed by atoms with E-state index >= 15 is 0 Å². The lowest BCUT2D eigenvalue weighted by molar-refractivity contribution is -0.903. The molecule has 0 bridgehead atoms. The maximum Gasteiger partial charge on any atom is 0.369 e. The van der Waals surface area contributed by atoms with Gasteiger partial charge in [0.15, 0.2) is 0 Å². The van der Waals surface area contributed by atoms with Crippen LogP contribution in [0.2, 0.25) is 24.7 Å². The number of hydrogen-bond acceptors (Lipinski definition) is 2. The number of carbonyl (C=O) groups is 1. The summed E-state index contributed by atoms with van der Waals surface area (Å²) >= 11 is 5.94. The van der Waals surface area contributed by atoms with Crippen molar-refractivity contribution in [2.75, 3.05) is 27.4 Å². The molecule has 0 saturated heterocycles. The lowest BCUT2D eigenvalue weighted by atomic mass is 10.0. The third-order valence-electron chi connectivity index (χ3n) is 3.19. The molecule has 0 amide bonds. The van der Waals surface area contributed by atoms with Crippen molar-refractivity contribution in [1.82, 2.24) is 0 Å². The highest BCUT2D eigenvalue weighted by molar-refractivity contribution is 6.76. The third-order valence-corrected chi connectivity index (χ3v) is 5.21. The molecule has 0 aliphatic heterocycles. The van der Waals surface area contributed by atoms with Crippen LogP contribution in [-0.2, 0) is 9.53 Å². The zero-order valence-electron chi connectivity index (χ0n) is 13.2. The van der Waals surface area contributed by atoms with Crippen LogP contribution >= 0.6 is 11.6 Å². The molecule has 0 aromatic heterocycles. The Balaban J connectivity index is 3.18. The summed E-state index contributed by atoms with van der Waals surface area (Å²) in [5, 5.41) is 0.674. The fraction of sp³-hybridized carbons (Fsp3) is 0.533. The van der Waals surface area contributed by atoms with E-state index in [4.69, 9.17) is 16.3 Å². The number of halogens is 1. The highest BCUT2D eigenvalue weighted by Gasteiger charge is 2.40. The quantitative estimate of drug-likeness (QED) is 0.472. The van der Waals surface area contributed by atoms with Crippen molar-refractivity contribution in [2.45, 2.75) is 25.7 Å². The maximum absolute atomic E-state index is 12.3. The van der Waals surface area contributed by atoms with Crippen LogP contribution in [-0.4, -0.2) is 45.9 Å². The van der Waals surface area contributed by atoms with Crippen LogP contribution in [0.5, 0.6) is 0 Å². The highest BCUT2D eigenvalue weighted by atomic mass is 35.5. The molecule has 1 rings (SSSR count). The number of ether oxygens (including phenoxy) is 1. The van der Waals surface area contributed by atoms with Crippen LogP contribution in [0.15, 0.2) is 24.3 Å². The van der Waals surface area contributed by atoms with Crippen molar-refractivity contribution in [3.8, 4) is 0 Å². The van der Waals surface area contributed by atoms with E-state index in [1.54, 1.807) is 0 Å². The fourth-order valence-electron chi connectivity index (χ4n) is 2.90. The standard InChI is InChI=1S/C15H25ClNO2Si/c1-17(2,11-20(4,5)6)14(15(18)19-3)12-7-9-13(16)10-8-12/h7-10,14H,11H2,1-6H3/q+1. The highest BCUT2D eigenvalue weighted by Crippen LogP contribution is 2.29. The summed E-state index contributed by atoms with van der Waals surface area (Å²) in [4.78, 5) is 12.3. The van der Waals surface area contributed by atoms with Crippen LogP contribution in [0.4, 0.5) is 0 Å². The molecule has 0 aliphatic rings. The predicted octanol–water partition coefficient (Wildman–Crippen LogP) is 3.51. The lowest BCUT2D eigenvalue weighted by Crippen LogP contribution is -2.54. The molecule has 0 saturated carbocycles. The molecule has 0 spiro atoms. The Labute approximate surface area is 128 Å². The Morgan fingerprint density at radius 1 is 1.25 bits per heavy atom. The third kappa shape index (κ3) is 4.61. The molecule has 0 radical (unpaired) electrons. The Bertz CT molecular complexity index is 466. The minimum Gasteiger partial charge on any atom is -0.464 e. The number of likely N-dealkylation sites (N-methyl/N-ethyl adjacent to an activating group) is 1. The first-order valence-corrected chi connectivity index (χ1v) is 10.8. The number of rotatable bonds is 5. The van der Waals surface area contributed by atoms with E-state index < -0.39 is 8.07 Å². The van der Waals surface area contributed by atoms with Gasteiger partial charge in [0.1, 0.15) is 8.07 Å². The Kier molecular flexibility index (Phi) is 5.41. The number of quaternary nitrogens is 1. The Hall–Kier alpha value is -0.843. The van der Waals surface area contributed by atoms with Gasteiger partial charge in [0.05, 0.1) is 27.4 Å². The minimum atomic E-state index is -1.32. The molecule has 0 N–H and O–H groups in total. The second-order valence-corrected chi connectivity index (χ2v) is 12.8. The van der Waals surface area contributed by atoms with Crippen molar-refractivity contribution in [2.24, 2.45) is 0 Å². The van der Waals surface area contributed by atoms with Crippen LogP contribution in [0.3, 0.4) is 0 Å². The summed E-state index contributed by atoms with van der Waals surface area (Å²) in [5.41, 5.74) is 0.949. The van der Waals surface area contributed by atoms with Gasteiger partial charge in [0.25, 0.3) is 0 Å². The average Bonchev–Trinajstić information content (AvgIpc) is 2.28. The van der Waals surface area contributed by atoms with Gasteiger partial charge in [-0.3, -0.25) is 0 Å². The molecule has 112 valence electrons. The van der Waals surface area contributed by atoms with Gasteiger partial charge in [-0.2, -0.15) is 0 Å². The number of benzene rings is 1. The average molecular weight is 315 g/mol. The first-order valence-electron chi connectivity index (χ1n) is 6.73. The molecule has 0 fully saturated rings. The molecule has 20 heavy (non-hydrogen) atoms. The van der Waals surface area contributed by atoms with Gasteiger partial charge in [-0.05, 0) is 12.1 Å². The zero-order chi connectivity index (χ0) is 15.6. The summed E-state index contributed by atoms with van der Waals surface area (Å²) in [6, 6.07) is 7.15. The van der Waals surface area contributed by atoms with Gasteiger partial charge in [-0.1, -0.05) is 43.4 Å². The van der Waals surface area contributed by atoms with E-state index in [9.17, 15) is 4.79 Å². The van der Waals surface area contributed by atoms with Gasteiger partial charge in [0, 0.05) is 10.6 Å². The van der Waals surface area contributed by atoms with E-state index in [-0.39, 0.29) is 12.0 Å². The Morgan fingerprint density at radius 2 is 1.75 bits per heavy atom. The van der Waals surface area contributed by atoms with Crippen LogP contribution in [0, 0.1) is 0 Å². The van der Waals surface area contributed by atoms with Crippen LogP contribution in [0.1, 0.15) is 11.6 Å². The van der Waals surface area contributed by atoms with Crippen molar-refractivity contribution in [1.29, 1.82) is 0 Å². The maximum atomic E-state index is 12.3. The number of nitrogens with zero attached hydrogens (tertiary/aromatic N) is 1. The fourth-order valence-corrected chi connectivity index (χ4v) is 5.65. The van der Waals surface area contributed by atoms with E-state index in [2.05, 4.69) is 33.7 Å². The topological polar surface area (TPSA) is 26.3 Å². The zero-order valence-corrected chi connectivity index (χ0v) is 15.0. The van der Waals surface area contributed by atoms with E-state index in [1.165, 1.54) is 7.11 Å². The smallest absolute Gasteiger partial charge is 0.369 e. The molecule has 0 aliphatic carbocycles. The number of esters is 1. The molecular weight excluding hydrogens is 290 g/mol. The summed E-state index contributed by atoms with van der Waals surface area (Å²) in [7, 11) is 4.31. The van der Waals surface area contributed by atoms with Gasteiger partial charge in [0.2, 0.25) is 6.04 Å². The van der Waals surface area contributed by atoms with Crippen LogP contribution < -0.4 is 0 Å². The SMILES string of the molecule is COC(=O)C(c1ccc(Cl)cc1)[N+](C)(C)C[Si](C)(C)C. The summed E-state index contributed by atoms with van der Waals surface area (Å²) < 4.78 is 5.63. The molecule has 5 heteroatoms. The second-order valence-electron chi connectivity index (χ2n) is 6.97. The molecule has 3 nitrogen and oxygen atoms in total. The van der Waals surface area contributed by atoms with Gasteiger partial charge in [-0.25, -0.2) is 4.79 Å². The van der Waals surface area contributed by atoms with Gasteiger partial charge in [-0.15, -0.1) is 0 Å². The molecular formula is C15H25ClNO2Si+. The molecule has 1 unspecified atom stereocenters. The first kappa shape index (κ1) is 17.2. The summed E-state index contributed by atoms with van der Waals surface area (Å²) in [6.45, 7) is 6.93. The summed E-state index contributed by atoms with van der Waals surface area (Å²) in [5.74, 6) is -0.199. The first-order chi connectivity index (χ1) is 9.07. The number of carbonyl (C=O) groups excluding carboxylic acids is 1. The Morgan fingerprint density at radius 3 is 2.15 bits per heavy atom. The summed E-state index contributed by atoms with van der Waals surface area (Å²) in [6.07, 6.45) is 0.995. The van der Waals surface area contributed by atoms with Crippen molar-refractivity contribution >= 4 is 25.6 Å².